The lowest BCUT2D eigenvalue weighted by atomic mass is 10.0. The van der Waals surface area contributed by atoms with E-state index < -0.39 is 35.8 Å². The minimum absolute atomic E-state index is 0.214. The normalized spacial score (nSPS) is 11.5. The summed E-state index contributed by atoms with van der Waals surface area (Å²) in [6.45, 7) is 0. The van der Waals surface area contributed by atoms with Gasteiger partial charge in [0.1, 0.15) is 11.5 Å². The van der Waals surface area contributed by atoms with Gasteiger partial charge in [0, 0.05) is 23.2 Å². The molecule has 2 amide bonds. The molecule has 0 radical (unpaired) electrons. The Morgan fingerprint density at radius 3 is 2.45 bits per heavy atom. The number of aromatic nitrogens is 1. The van der Waals surface area contributed by atoms with Crippen molar-refractivity contribution in [3.63, 3.8) is 0 Å². The third kappa shape index (κ3) is 6.05. The van der Waals surface area contributed by atoms with Gasteiger partial charge in [-0.15, -0.1) is 0 Å². The lowest BCUT2D eigenvalue weighted by Gasteiger charge is -2.19. The van der Waals surface area contributed by atoms with Crippen LogP contribution in [0.2, 0.25) is 5.02 Å². The Hall–Kier alpha value is -3.98. The van der Waals surface area contributed by atoms with Gasteiger partial charge in [0.15, 0.2) is 5.69 Å². The van der Waals surface area contributed by atoms with Crippen LogP contribution >= 0.6 is 11.6 Å². The first-order valence-electron chi connectivity index (χ1n) is 9.88. The molecule has 0 spiro atoms. The number of urea groups is 1. The molecule has 0 unspecified atom stereocenters. The number of aromatic hydroxyl groups is 1. The third-order valence-corrected chi connectivity index (χ3v) is 5.29. The predicted octanol–water partition coefficient (Wildman–Crippen LogP) is 3.67. The molecule has 9 nitrogen and oxygen atoms in total. The van der Waals surface area contributed by atoms with E-state index in [1.54, 1.807) is 48.5 Å². The van der Waals surface area contributed by atoms with Crippen molar-refractivity contribution in [1.29, 1.82) is 0 Å². The van der Waals surface area contributed by atoms with Gasteiger partial charge in [-0.05, 0) is 29.3 Å². The third-order valence-electron chi connectivity index (χ3n) is 4.93. The number of H-pyrrole nitrogens is 1. The van der Waals surface area contributed by atoms with Crippen LogP contribution in [0.1, 0.15) is 29.2 Å². The number of benzene rings is 2. The fourth-order valence-corrected chi connectivity index (χ4v) is 3.43. The quantitative estimate of drug-likeness (QED) is 0.339. The molecule has 3 aromatic rings. The average molecular weight is 472 g/mol. The Balaban J connectivity index is 1.80. The topological polar surface area (TPSA) is 141 Å². The fourth-order valence-electron chi connectivity index (χ4n) is 3.23. The van der Waals surface area contributed by atoms with Crippen LogP contribution in [0.4, 0.5) is 10.5 Å². The summed E-state index contributed by atoms with van der Waals surface area (Å²) in [4.78, 5) is 38.6. The zero-order chi connectivity index (χ0) is 24.0. The first kappa shape index (κ1) is 23.7. The number of aromatic amines is 1. The van der Waals surface area contributed by atoms with E-state index in [1.807, 2.05) is 0 Å². The summed E-state index contributed by atoms with van der Waals surface area (Å²) in [5.74, 6) is -0.962. The smallest absolute Gasteiger partial charge is 0.319 e. The number of hydrogen-bond donors (Lipinski definition) is 5. The van der Waals surface area contributed by atoms with Gasteiger partial charge in [-0.2, -0.15) is 0 Å². The van der Waals surface area contributed by atoms with Crippen molar-refractivity contribution in [2.75, 3.05) is 12.4 Å². The number of nitrogens with one attached hydrogen (secondary N) is 3. The summed E-state index contributed by atoms with van der Waals surface area (Å²) in [6.07, 6.45) is 1.16. The summed E-state index contributed by atoms with van der Waals surface area (Å²) < 4.78 is 5.09. The number of rotatable bonds is 8. The van der Waals surface area contributed by atoms with Gasteiger partial charge in [0.25, 0.3) is 5.56 Å². The number of ether oxygens (including phenoxy) is 1. The molecule has 1 aromatic heterocycles. The lowest BCUT2D eigenvalue weighted by molar-refractivity contribution is -0.137. The second-order valence-electron chi connectivity index (χ2n) is 7.16. The Morgan fingerprint density at radius 1 is 1.12 bits per heavy atom. The molecule has 3 rings (SSSR count). The number of halogens is 1. The van der Waals surface area contributed by atoms with E-state index in [0.29, 0.717) is 21.9 Å². The standard InChI is InChI=1S/C23H22ClN3O6/c1-33-16-8-6-13(7-9-16)18(11-19(28)29)26-23(32)27-20-21(30)15(12-25-22(20)31)10-14-4-2-3-5-17(14)24/h2-9,12,18H,10-11H2,1H3,(H,28,29)(H2,25,30,31)(H2,26,27,32)/t18-/m0/s1. The van der Waals surface area contributed by atoms with Gasteiger partial charge in [0.2, 0.25) is 0 Å². The predicted molar refractivity (Wildman–Crippen MR) is 123 cm³/mol. The van der Waals surface area contributed by atoms with E-state index in [0.717, 1.165) is 5.56 Å². The Morgan fingerprint density at radius 2 is 1.82 bits per heavy atom. The molecular weight excluding hydrogens is 450 g/mol. The highest BCUT2D eigenvalue weighted by Crippen LogP contribution is 2.28. The maximum absolute atomic E-state index is 12.6. The highest BCUT2D eigenvalue weighted by molar-refractivity contribution is 6.31. The maximum atomic E-state index is 12.6. The molecule has 1 atom stereocenters. The van der Waals surface area contributed by atoms with Crippen molar-refractivity contribution in [1.82, 2.24) is 10.3 Å². The van der Waals surface area contributed by atoms with Crippen LogP contribution < -0.4 is 20.9 Å². The highest BCUT2D eigenvalue weighted by atomic mass is 35.5. The average Bonchev–Trinajstić information content (AvgIpc) is 2.79. The summed E-state index contributed by atoms with van der Waals surface area (Å²) in [5.41, 5.74) is 0.512. The number of hydrogen-bond acceptors (Lipinski definition) is 5. The van der Waals surface area contributed by atoms with Crippen molar-refractivity contribution in [3.8, 4) is 11.5 Å². The number of pyridine rings is 1. The Bertz CT molecular complexity index is 1210. The van der Waals surface area contributed by atoms with Crippen molar-refractivity contribution in [3.05, 3.63) is 86.8 Å². The summed E-state index contributed by atoms with van der Waals surface area (Å²) in [7, 11) is 1.50. The first-order valence-corrected chi connectivity index (χ1v) is 10.3. The van der Waals surface area contributed by atoms with Crippen LogP contribution in [0.3, 0.4) is 0 Å². The molecule has 0 aliphatic heterocycles. The largest absolute Gasteiger partial charge is 0.505 e. The minimum atomic E-state index is -1.13. The van der Waals surface area contributed by atoms with Crippen molar-refractivity contribution in [2.45, 2.75) is 18.9 Å². The molecule has 1 heterocycles. The van der Waals surface area contributed by atoms with E-state index in [2.05, 4.69) is 15.6 Å². The summed E-state index contributed by atoms with van der Waals surface area (Å²) in [5, 5.41) is 25.2. The molecule has 172 valence electrons. The molecule has 33 heavy (non-hydrogen) atoms. The van der Waals surface area contributed by atoms with Crippen molar-refractivity contribution in [2.24, 2.45) is 0 Å². The van der Waals surface area contributed by atoms with E-state index in [1.165, 1.54) is 13.3 Å². The monoisotopic (exact) mass is 471 g/mol. The fraction of sp³-hybridized carbons (Fsp3) is 0.174. The van der Waals surface area contributed by atoms with Gasteiger partial charge in [-0.3, -0.25) is 9.59 Å². The molecule has 0 saturated carbocycles. The van der Waals surface area contributed by atoms with Gasteiger partial charge in [-0.25, -0.2) is 4.79 Å². The number of aliphatic carboxylic acids is 1. The minimum Gasteiger partial charge on any atom is -0.505 e. The number of carboxylic acids is 1. The molecule has 2 aromatic carbocycles. The van der Waals surface area contributed by atoms with E-state index in [9.17, 15) is 24.6 Å². The zero-order valence-electron chi connectivity index (χ0n) is 17.6. The van der Waals surface area contributed by atoms with E-state index in [4.69, 9.17) is 16.3 Å². The molecular formula is C23H22ClN3O6. The number of carbonyl (C=O) groups is 2. The Labute approximate surface area is 194 Å². The van der Waals surface area contributed by atoms with Gasteiger partial charge in [0.05, 0.1) is 19.6 Å². The van der Waals surface area contributed by atoms with Crippen LogP contribution in [0.15, 0.2) is 59.5 Å². The van der Waals surface area contributed by atoms with Crippen LogP contribution in [-0.4, -0.2) is 34.3 Å². The van der Waals surface area contributed by atoms with Gasteiger partial charge in [-0.1, -0.05) is 41.9 Å². The number of carboxylic acid groups (broad SMARTS) is 1. The Kier molecular flexibility index (Phi) is 7.57. The summed E-state index contributed by atoms with van der Waals surface area (Å²) in [6, 6.07) is 11.8. The molecule has 0 aliphatic carbocycles. The van der Waals surface area contributed by atoms with E-state index in [-0.39, 0.29) is 12.1 Å². The first-order chi connectivity index (χ1) is 15.8. The molecule has 0 fully saturated rings. The number of anilines is 1. The lowest BCUT2D eigenvalue weighted by Crippen LogP contribution is -2.35. The maximum Gasteiger partial charge on any atom is 0.319 e. The van der Waals surface area contributed by atoms with Crippen molar-refractivity contribution < 1.29 is 24.5 Å². The zero-order valence-corrected chi connectivity index (χ0v) is 18.3. The van der Waals surface area contributed by atoms with Crippen molar-refractivity contribution >= 4 is 29.3 Å². The van der Waals surface area contributed by atoms with Gasteiger partial charge >= 0.3 is 12.0 Å². The second kappa shape index (κ2) is 10.6. The molecule has 0 bridgehead atoms. The van der Waals surface area contributed by atoms with Crippen LogP contribution in [-0.2, 0) is 11.2 Å². The molecule has 0 saturated heterocycles. The number of methoxy groups -OCH3 is 1. The molecule has 0 aliphatic rings. The molecule has 10 heteroatoms. The van der Waals surface area contributed by atoms with E-state index >= 15 is 0 Å². The van der Waals surface area contributed by atoms with Gasteiger partial charge < -0.3 is 30.6 Å². The molecule has 5 N–H and O–H groups in total. The number of carbonyl (C=O) groups excluding carboxylic acids is 1. The highest BCUT2D eigenvalue weighted by Gasteiger charge is 2.21. The number of amides is 2. The SMILES string of the molecule is COc1ccc([C@H](CC(=O)O)NC(=O)Nc2c(O)c(Cc3ccccc3Cl)c[nH]c2=O)cc1. The summed E-state index contributed by atoms with van der Waals surface area (Å²) >= 11 is 6.17. The van der Waals surface area contributed by atoms with Crippen LogP contribution in [0, 0.1) is 0 Å². The second-order valence-corrected chi connectivity index (χ2v) is 7.56. The van der Waals surface area contributed by atoms with Crippen LogP contribution in [0.5, 0.6) is 11.5 Å². The van der Waals surface area contributed by atoms with Crippen LogP contribution in [0.25, 0.3) is 0 Å².